The molecule has 4 aromatic rings. The van der Waals surface area contributed by atoms with Crippen molar-refractivity contribution in [2.75, 3.05) is 4.90 Å². The minimum atomic E-state index is -1.27. The van der Waals surface area contributed by atoms with Crippen LogP contribution < -0.4 is 16.1 Å². The first kappa shape index (κ1) is 23.3. The Morgan fingerprint density at radius 3 is 2.70 bits per heavy atom. The van der Waals surface area contributed by atoms with Gasteiger partial charge in [0.25, 0.3) is 5.56 Å². The van der Waals surface area contributed by atoms with Crippen LogP contribution in [-0.4, -0.2) is 46.0 Å². The summed E-state index contributed by atoms with van der Waals surface area (Å²) in [7, 11) is 0. The summed E-state index contributed by atoms with van der Waals surface area (Å²) in [6, 6.07) is 2.83. The van der Waals surface area contributed by atoms with E-state index in [1.165, 1.54) is 23.6 Å². The number of hydrogen-bond donors (Lipinski definition) is 4. The Morgan fingerprint density at radius 2 is 1.97 bits per heavy atom. The second-order valence-corrected chi connectivity index (χ2v) is 6.61. The van der Waals surface area contributed by atoms with Crippen LogP contribution in [0.25, 0.3) is 5.69 Å². The van der Waals surface area contributed by atoms with Crippen molar-refractivity contribution >= 4 is 24.2 Å². The number of benzene rings is 1. The Labute approximate surface area is 188 Å². The van der Waals surface area contributed by atoms with Crippen molar-refractivity contribution in [3.05, 3.63) is 86.3 Å². The summed E-state index contributed by atoms with van der Waals surface area (Å²) < 4.78 is 28.7. The van der Waals surface area contributed by atoms with Crippen molar-refractivity contribution in [1.29, 1.82) is 0 Å². The topological polar surface area (TPSA) is 166 Å². The number of aromatic amines is 3. The average Bonchev–Trinajstić information content (AvgIpc) is 3.41. The van der Waals surface area contributed by atoms with E-state index in [1.54, 1.807) is 0 Å². The summed E-state index contributed by atoms with van der Waals surface area (Å²) in [5.74, 6) is -2.58. The molecule has 0 saturated carbocycles. The zero-order valence-electron chi connectivity index (χ0n) is 16.5. The summed E-state index contributed by atoms with van der Waals surface area (Å²) >= 11 is 0. The van der Waals surface area contributed by atoms with Gasteiger partial charge in [-0.15, -0.1) is 17.5 Å². The van der Waals surface area contributed by atoms with Crippen molar-refractivity contribution in [2.45, 2.75) is 13.1 Å². The first-order chi connectivity index (χ1) is 15.3. The Kier molecular flexibility index (Phi) is 6.67. The lowest BCUT2D eigenvalue weighted by Gasteiger charge is -2.21. The number of rotatable bonds is 7. The van der Waals surface area contributed by atoms with Crippen molar-refractivity contribution in [2.24, 2.45) is 0 Å². The van der Waals surface area contributed by atoms with Gasteiger partial charge in [0.2, 0.25) is 0 Å². The number of imidazole rings is 1. The molecule has 33 heavy (non-hydrogen) atoms. The smallest absolute Gasteiger partial charge is 0.356 e. The molecule has 12 nitrogen and oxygen atoms in total. The molecule has 15 heteroatoms. The number of carbonyl (C=O) groups is 1. The third-order valence-electron chi connectivity index (χ3n) is 4.49. The Balaban J connectivity index is 0.00000306. The number of aromatic carboxylic acids is 1. The summed E-state index contributed by atoms with van der Waals surface area (Å²) in [5, 5.41) is 17.1. The molecule has 1 aromatic carbocycles. The summed E-state index contributed by atoms with van der Waals surface area (Å²) in [5.41, 5.74) is -1.46. The van der Waals surface area contributed by atoms with Crippen LogP contribution in [0.3, 0.4) is 0 Å². The lowest BCUT2D eigenvalue weighted by atomic mass is 10.2. The van der Waals surface area contributed by atoms with Gasteiger partial charge in [0, 0.05) is 12.3 Å². The van der Waals surface area contributed by atoms with Crippen LogP contribution in [0.1, 0.15) is 21.7 Å². The number of H-pyrrole nitrogens is 3. The van der Waals surface area contributed by atoms with Crippen LogP contribution in [0.5, 0.6) is 0 Å². The number of nitrogens with zero attached hydrogens (tertiary/aromatic N) is 5. The molecule has 0 radical (unpaired) electrons. The molecular weight excluding hydrogens is 466 g/mol. The molecule has 0 amide bonds. The van der Waals surface area contributed by atoms with Crippen LogP contribution in [0.4, 0.5) is 14.6 Å². The van der Waals surface area contributed by atoms with E-state index in [9.17, 15) is 28.3 Å². The van der Waals surface area contributed by atoms with Crippen LogP contribution in [0.15, 0.2) is 46.5 Å². The van der Waals surface area contributed by atoms with Crippen molar-refractivity contribution in [1.82, 2.24) is 34.9 Å². The van der Waals surface area contributed by atoms with Gasteiger partial charge >= 0.3 is 11.7 Å². The predicted octanol–water partition coefficient (Wildman–Crippen LogP) is 0.972. The molecule has 0 fully saturated rings. The molecule has 172 valence electrons. The summed E-state index contributed by atoms with van der Waals surface area (Å²) in [6.07, 6.45) is 3.69. The van der Waals surface area contributed by atoms with Crippen LogP contribution in [0, 0.1) is 11.6 Å². The minimum absolute atomic E-state index is 0. The van der Waals surface area contributed by atoms with Gasteiger partial charge in [0.05, 0.1) is 36.9 Å². The average molecular weight is 481 g/mol. The van der Waals surface area contributed by atoms with E-state index < -0.39 is 28.9 Å². The third kappa shape index (κ3) is 4.95. The molecule has 0 aliphatic heterocycles. The van der Waals surface area contributed by atoms with Crippen molar-refractivity contribution < 1.29 is 18.7 Å². The van der Waals surface area contributed by atoms with E-state index >= 15 is 0 Å². The summed E-state index contributed by atoms with van der Waals surface area (Å²) in [6.45, 7) is -0.237. The number of carboxylic acids is 1. The third-order valence-corrected chi connectivity index (χ3v) is 4.49. The number of halogens is 3. The molecule has 0 spiro atoms. The van der Waals surface area contributed by atoms with E-state index in [2.05, 4.69) is 30.2 Å². The van der Waals surface area contributed by atoms with Gasteiger partial charge in [-0.25, -0.2) is 28.0 Å². The molecule has 3 aromatic heterocycles. The number of nitrogens with one attached hydrogen (secondary N) is 3. The Bertz CT molecular complexity index is 1410. The predicted molar refractivity (Wildman–Crippen MR) is 112 cm³/mol. The molecule has 3 heterocycles. The molecule has 0 saturated heterocycles. The molecule has 4 N–H and O–H groups in total. The van der Waals surface area contributed by atoms with Gasteiger partial charge in [-0.1, -0.05) is 5.21 Å². The minimum Gasteiger partial charge on any atom is -0.476 e. The van der Waals surface area contributed by atoms with Gasteiger partial charge < -0.3 is 20.0 Å². The normalized spacial score (nSPS) is 10.6. The molecule has 0 aliphatic rings. The molecule has 0 aliphatic carbocycles. The second-order valence-electron chi connectivity index (χ2n) is 6.61. The first-order valence-corrected chi connectivity index (χ1v) is 9.01. The van der Waals surface area contributed by atoms with Crippen LogP contribution >= 0.6 is 12.4 Å². The second kappa shape index (κ2) is 9.44. The van der Waals surface area contributed by atoms with E-state index in [1.807, 2.05) is 0 Å². The lowest BCUT2D eigenvalue weighted by molar-refractivity contribution is 0.0690. The van der Waals surface area contributed by atoms with E-state index in [0.717, 1.165) is 22.9 Å². The van der Waals surface area contributed by atoms with Gasteiger partial charge in [-0.2, -0.15) is 0 Å². The van der Waals surface area contributed by atoms with Gasteiger partial charge in [0.15, 0.2) is 11.5 Å². The van der Waals surface area contributed by atoms with Crippen molar-refractivity contribution in [3.63, 3.8) is 0 Å². The van der Waals surface area contributed by atoms with Crippen LogP contribution in [0.2, 0.25) is 0 Å². The fourth-order valence-corrected chi connectivity index (χ4v) is 2.97. The van der Waals surface area contributed by atoms with E-state index in [0.29, 0.717) is 0 Å². The van der Waals surface area contributed by atoms with E-state index in [-0.39, 0.29) is 54.0 Å². The lowest BCUT2D eigenvalue weighted by Crippen LogP contribution is -2.31. The fraction of sp³-hybridized carbons (Fsp3) is 0.111. The SMILES string of the molecule is Cl.O=C(O)c1nc[nH]c1CN(Cc1c[nH]c(=O)[nH]c1=O)c1cn(-c2cc(F)ccc2F)nn1. The number of anilines is 1. The maximum atomic E-state index is 14.1. The van der Waals surface area contributed by atoms with E-state index in [4.69, 9.17) is 0 Å². The molecule has 0 atom stereocenters. The fourth-order valence-electron chi connectivity index (χ4n) is 2.97. The maximum Gasteiger partial charge on any atom is 0.356 e. The first-order valence-electron chi connectivity index (χ1n) is 9.01. The standard InChI is InChI=1S/C18H14F2N8O4.ClH/c19-10-1-2-11(20)13(3-10)28-7-14(25-26-28)27(5-9-4-21-18(32)24-16(9)29)6-12-15(17(30)31)23-8-22-12;/h1-4,7-8H,5-6H2,(H,22,23)(H,30,31)(H2,21,24,29,32);1H. The number of aromatic nitrogens is 7. The Morgan fingerprint density at radius 1 is 1.18 bits per heavy atom. The van der Waals surface area contributed by atoms with Gasteiger partial charge in [-0.05, 0) is 12.1 Å². The quantitative estimate of drug-likeness (QED) is 0.303. The number of carboxylic acid groups (broad SMARTS) is 1. The zero-order valence-corrected chi connectivity index (χ0v) is 17.3. The number of hydrogen-bond acceptors (Lipinski definition) is 7. The molecule has 0 unspecified atom stereocenters. The molecule has 0 bridgehead atoms. The van der Waals surface area contributed by atoms with Gasteiger partial charge in [0.1, 0.15) is 17.3 Å². The van der Waals surface area contributed by atoms with Crippen molar-refractivity contribution in [3.8, 4) is 5.69 Å². The van der Waals surface area contributed by atoms with Gasteiger partial charge in [-0.3, -0.25) is 9.78 Å². The summed E-state index contributed by atoms with van der Waals surface area (Å²) in [4.78, 5) is 47.2. The molecule has 4 rings (SSSR count). The molecular formula is C18H15ClF2N8O4. The maximum absolute atomic E-state index is 14.1. The highest BCUT2D eigenvalue weighted by atomic mass is 35.5. The highest BCUT2D eigenvalue weighted by molar-refractivity contribution is 5.86. The Hall–Kier alpha value is -4.33. The van der Waals surface area contributed by atoms with Crippen LogP contribution in [-0.2, 0) is 13.1 Å². The zero-order chi connectivity index (χ0) is 22.8. The highest BCUT2D eigenvalue weighted by Crippen LogP contribution is 2.20. The monoisotopic (exact) mass is 480 g/mol. The largest absolute Gasteiger partial charge is 0.476 e. The highest BCUT2D eigenvalue weighted by Gasteiger charge is 2.21.